The Kier molecular flexibility index (Phi) is 8.68. The molecule has 44 heavy (non-hydrogen) atoms. The molecule has 0 saturated carbocycles. The number of aliphatic hydroxyl groups excluding tert-OH is 1. The molecular weight excluding hydrogens is 584 g/mol. The number of thiazole rings is 1. The lowest BCUT2D eigenvalue weighted by molar-refractivity contribution is -0.132. The number of aryl methyl sites for hydroxylation is 2. The molecule has 2 heterocycles. The molecule has 3 aromatic carbocycles. The van der Waals surface area contributed by atoms with Gasteiger partial charge in [-0.1, -0.05) is 47.7 Å². The van der Waals surface area contributed by atoms with E-state index in [0.717, 1.165) is 21.8 Å². The van der Waals surface area contributed by atoms with Gasteiger partial charge in [-0.05, 0) is 67.8 Å². The molecule has 0 spiro atoms. The molecule has 0 aliphatic carbocycles. The number of ether oxygens (including phenoxy) is 3. The summed E-state index contributed by atoms with van der Waals surface area (Å²) in [5.74, 6) is -2.33. The van der Waals surface area contributed by atoms with Gasteiger partial charge in [0, 0.05) is 5.56 Å². The molecule has 0 radical (unpaired) electrons. The van der Waals surface area contributed by atoms with Crippen molar-refractivity contribution in [2.45, 2.75) is 33.4 Å². The van der Waals surface area contributed by atoms with E-state index in [9.17, 15) is 24.6 Å². The third-order valence-corrected chi connectivity index (χ3v) is 8.24. The van der Waals surface area contributed by atoms with E-state index >= 15 is 0 Å². The van der Waals surface area contributed by atoms with Crippen LogP contribution in [-0.2, 0) is 20.9 Å². The van der Waals surface area contributed by atoms with Crippen LogP contribution in [0.1, 0.15) is 50.6 Å². The first-order valence-electron chi connectivity index (χ1n) is 13.7. The molecule has 1 aliphatic heterocycles. The molecule has 226 valence electrons. The summed E-state index contributed by atoms with van der Waals surface area (Å²) in [5.41, 5.74) is 2.44. The molecule has 2 N–H and O–H groups in total. The Morgan fingerprint density at radius 1 is 1.02 bits per heavy atom. The van der Waals surface area contributed by atoms with Crippen LogP contribution in [0.15, 0.2) is 72.3 Å². The quantitative estimate of drug-likeness (QED) is 0.103. The molecule has 10 nitrogen and oxygen atoms in total. The summed E-state index contributed by atoms with van der Waals surface area (Å²) >= 11 is 0.895. The lowest BCUT2D eigenvalue weighted by Gasteiger charge is -2.24. The van der Waals surface area contributed by atoms with Crippen molar-refractivity contribution in [2.75, 3.05) is 18.6 Å². The van der Waals surface area contributed by atoms with E-state index in [1.165, 1.54) is 25.3 Å². The predicted octanol–water partition coefficient (Wildman–Crippen LogP) is 5.86. The third-order valence-electron chi connectivity index (χ3n) is 7.11. The zero-order valence-electron chi connectivity index (χ0n) is 24.5. The molecule has 1 aromatic heterocycles. The Labute approximate surface area is 257 Å². The molecule has 11 heteroatoms. The number of esters is 1. The summed E-state index contributed by atoms with van der Waals surface area (Å²) in [7, 11) is 1.24. The molecule has 1 aliphatic rings. The Morgan fingerprint density at radius 2 is 1.77 bits per heavy atom. The highest BCUT2D eigenvalue weighted by molar-refractivity contribution is 7.17. The fourth-order valence-corrected chi connectivity index (χ4v) is 5.97. The van der Waals surface area contributed by atoms with E-state index in [4.69, 9.17) is 14.2 Å². The van der Waals surface area contributed by atoms with Gasteiger partial charge in [-0.25, -0.2) is 9.78 Å². The monoisotopic (exact) mass is 614 g/mol. The van der Waals surface area contributed by atoms with Gasteiger partial charge in [0.2, 0.25) is 0 Å². The number of phenolic OH excluding ortho intramolecular Hbond substituents is 1. The van der Waals surface area contributed by atoms with Gasteiger partial charge in [-0.3, -0.25) is 14.5 Å². The first-order valence-corrected chi connectivity index (χ1v) is 14.6. The molecule has 4 aromatic rings. The number of rotatable bonds is 9. The van der Waals surface area contributed by atoms with Crippen LogP contribution in [0, 0.1) is 13.8 Å². The van der Waals surface area contributed by atoms with E-state index in [0.29, 0.717) is 34.7 Å². The van der Waals surface area contributed by atoms with E-state index in [1.54, 1.807) is 39.0 Å². The maximum absolute atomic E-state index is 13.7. The third kappa shape index (κ3) is 5.73. The number of aliphatic hydroxyl groups is 1. The average molecular weight is 615 g/mol. The average Bonchev–Trinajstić information content (AvgIpc) is 3.53. The summed E-state index contributed by atoms with van der Waals surface area (Å²) in [4.78, 5) is 45.3. The summed E-state index contributed by atoms with van der Waals surface area (Å²) in [6.07, 6.45) is 0. The highest BCUT2D eigenvalue weighted by Crippen LogP contribution is 2.45. The van der Waals surface area contributed by atoms with Crippen molar-refractivity contribution in [3.8, 4) is 17.2 Å². The Balaban J connectivity index is 1.61. The minimum Gasteiger partial charge on any atom is -0.507 e. The van der Waals surface area contributed by atoms with E-state index in [-0.39, 0.29) is 33.7 Å². The number of hydrogen-bond donors (Lipinski definition) is 2. The Hall–Kier alpha value is -5.16. The number of aromatic hydroxyl groups is 1. The summed E-state index contributed by atoms with van der Waals surface area (Å²) < 4.78 is 16.3. The minimum absolute atomic E-state index is 0.0708. The van der Waals surface area contributed by atoms with Crippen LogP contribution in [0.25, 0.3) is 5.76 Å². The topological polar surface area (TPSA) is 135 Å². The van der Waals surface area contributed by atoms with Crippen molar-refractivity contribution >= 4 is 39.9 Å². The molecule has 1 amide bonds. The lowest BCUT2D eigenvalue weighted by atomic mass is 9.93. The lowest BCUT2D eigenvalue weighted by Crippen LogP contribution is -2.29. The van der Waals surface area contributed by atoms with Crippen molar-refractivity contribution in [3.05, 3.63) is 105 Å². The normalized spacial score (nSPS) is 15.8. The van der Waals surface area contributed by atoms with Gasteiger partial charge in [0.15, 0.2) is 16.6 Å². The van der Waals surface area contributed by atoms with Gasteiger partial charge < -0.3 is 24.4 Å². The smallest absolute Gasteiger partial charge is 0.350 e. The summed E-state index contributed by atoms with van der Waals surface area (Å²) in [5, 5.41) is 22.1. The predicted molar refractivity (Wildman–Crippen MR) is 164 cm³/mol. The fraction of sp³-hybridized carbons (Fsp3) is 0.212. The number of carbonyl (C=O) groups excluding carboxylic acids is 3. The van der Waals surface area contributed by atoms with E-state index in [2.05, 4.69) is 4.98 Å². The van der Waals surface area contributed by atoms with Gasteiger partial charge >= 0.3 is 11.9 Å². The molecule has 0 unspecified atom stereocenters. The Morgan fingerprint density at radius 3 is 2.45 bits per heavy atom. The van der Waals surface area contributed by atoms with Crippen LogP contribution in [0.5, 0.6) is 17.2 Å². The number of nitrogens with zero attached hydrogens (tertiary/aromatic N) is 2. The molecule has 1 saturated heterocycles. The number of amides is 1. The van der Waals surface area contributed by atoms with Crippen LogP contribution >= 0.6 is 11.3 Å². The number of hydrogen-bond acceptors (Lipinski definition) is 10. The first kappa shape index (κ1) is 30.3. The van der Waals surface area contributed by atoms with Gasteiger partial charge in [0.05, 0.1) is 31.0 Å². The molecule has 0 bridgehead atoms. The van der Waals surface area contributed by atoms with Gasteiger partial charge in [0.1, 0.15) is 23.0 Å². The van der Waals surface area contributed by atoms with E-state index in [1.807, 2.05) is 30.3 Å². The zero-order chi connectivity index (χ0) is 31.5. The maximum atomic E-state index is 13.7. The highest BCUT2D eigenvalue weighted by Gasteiger charge is 2.48. The molecule has 1 fully saturated rings. The fourth-order valence-electron chi connectivity index (χ4n) is 4.96. The van der Waals surface area contributed by atoms with Crippen LogP contribution in [0.2, 0.25) is 0 Å². The van der Waals surface area contributed by atoms with Gasteiger partial charge in [0.25, 0.3) is 5.78 Å². The van der Waals surface area contributed by atoms with Crippen molar-refractivity contribution in [2.24, 2.45) is 0 Å². The van der Waals surface area contributed by atoms with E-state index < -0.39 is 29.5 Å². The Bertz CT molecular complexity index is 1780. The summed E-state index contributed by atoms with van der Waals surface area (Å²) in [6.45, 7) is 5.71. The second-order valence-electron chi connectivity index (χ2n) is 9.98. The minimum atomic E-state index is -1.15. The largest absolute Gasteiger partial charge is 0.507 e. The zero-order valence-corrected chi connectivity index (χ0v) is 25.3. The van der Waals surface area contributed by atoms with Crippen molar-refractivity contribution in [3.63, 3.8) is 0 Å². The van der Waals surface area contributed by atoms with Crippen LogP contribution in [0.4, 0.5) is 5.13 Å². The number of Topliss-reactive ketones (excluding diaryl/α,β-unsaturated/α-hetero) is 1. The number of aromatic nitrogens is 1. The number of benzene rings is 3. The number of phenols is 1. The van der Waals surface area contributed by atoms with Crippen molar-refractivity contribution in [1.29, 1.82) is 0 Å². The van der Waals surface area contributed by atoms with Crippen LogP contribution in [-0.4, -0.2) is 46.6 Å². The maximum Gasteiger partial charge on any atom is 0.350 e. The second kappa shape index (κ2) is 12.6. The van der Waals surface area contributed by atoms with Crippen molar-refractivity contribution in [1.82, 2.24) is 4.98 Å². The van der Waals surface area contributed by atoms with Crippen LogP contribution in [0.3, 0.4) is 0 Å². The number of carbonyl (C=O) groups is 3. The molecular formula is C33H30N2O8S. The number of ketones is 1. The van der Waals surface area contributed by atoms with Crippen LogP contribution < -0.4 is 14.4 Å². The number of anilines is 1. The van der Waals surface area contributed by atoms with Crippen molar-refractivity contribution < 1.29 is 38.8 Å². The SMILES string of the molecule is CCOc1cc([C@@H]2/C(=C(\O)c3ccc(OCc4ccccc4)cc3C)C(=O)C(=O)N2c2nc(C)c(C(=O)OC)s2)ccc1O. The van der Waals surface area contributed by atoms with Gasteiger partial charge in [-0.2, -0.15) is 0 Å². The summed E-state index contributed by atoms with van der Waals surface area (Å²) in [6, 6.07) is 18.0. The highest BCUT2D eigenvalue weighted by atomic mass is 32.1. The second-order valence-corrected chi connectivity index (χ2v) is 11.0. The number of methoxy groups -OCH3 is 1. The standard InChI is InChI=1S/C33H30N2O8S/c1-5-42-25-16-21(11-14-24(25)36)27-26(29(38)31(39)35(27)33-34-19(3)30(44-33)32(40)41-4)28(37)23-13-12-22(15-18(23)2)43-17-20-9-7-6-8-10-20/h6-16,27,36-37H,5,17H2,1-4H3/b28-26+/t27-/m1/s1. The van der Waals surface area contributed by atoms with Gasteiger partial charge in [-0.15, -0.1) is 0 Å². The molecule has 1 atom stereocenters. The molecule has 5 rings (SSSR count). The first-order chi connectivity index (χ1) is 21.1.